The molecule has 0 aliphatic heterocycles. The lowest BCUT2D eigenvalue weighted by molar-refractivity contribution is 0.854. The van der Waals surface area contributed by atoms with Crippen LogP contribution in [0.15, 0.2) is 34.2 Å². The highest BCUT2D eigenvalue weighted by molar-refractivity contribution is 7.99. The molecular weight excluding hydrogens is 272 g/mol. The highest BCUT2D eigenvalue weighted by Crippen LogP contribution is 2.20. The van der Waals surface area contributed by atoms with Crippen molar-refractivity contribution in [2.24, 2.45) is 7.05 Å². The van der Waals surface area contributed by atoms with E-state index in [1.807, 2.05) is 35.6 Å². The Morgan fingerprint density at radius 2 is 2.10 bits per heavy atom. The van der Waals surface area contributed by atoms with E-state index in [4.69, 9.17) is 0 Å². The Balaban J connectivity index is 2.34. The lowest BCUT2D eigenvalue weighted by atomic mass is 10.2. The Labute approximate surface area is 119 Å². The van der Waals surface area contributed by atoms with Crippen LogP contribution in [0.2, 0.25) is 0 Å². The van der Waals surface area contributed by atoms with Crippen LogP contribution in [0, 0.1) is 11.8 Å². The molecule has 5 nitrogen and oxygen atoms in total. The van der Waals surface area contributed by atoms with E-state index in [2.05, 4.69) is 22.0 Å². The van der Waals surface area contributed by atoms with Crippen LogP contribution in [0.5, 0.6) is 0 Å². The average molecular weight is 284 g/mol. The zero-order valence-corrected chi connectivity index (χ0v) is 11.9. The monoisotopic (exact) mass is 284 g/mol. The Bertz CT molecular complexity index is 914. The molecule has 0 saturated carbocycles. The van der Waals surface area contributed by atoms with E-state index in [9.17, 15) is 4.79 Å². The third kappa shape index (κ3) is 1.87. The quantitative estimate of drug-likeness (QED) is 0.531. The summed E-state index contributed by atoms with van der Waals surface area (Å²) in [5.41, 5.74) is 0.757. The molecule has 0 atom stereocenters. The van der Waals surface area contributed by atoms with Crippen molar-refractivity contribution < 1.29 is 0 Å². The van der Waals surface area contributed by atoms with Gasteiger partial charge in [0, 0.05) is 7.05 Å². The van der Waals surface area contributed by atoms with Gasteiger partial charge in [0.2, 0.25) is 5.78 Å². The first kappa shape index (κ1) is 12.8. The lowest BCUT2D eigenvalue weighted by Crippen LogP contribution is -2.20. The second kappa shape index (κ2) is 5.02. The maximum Gasteiger partial charge on any atom is 0.262 e. The number of aryl methyl sites for hydroxylation is 1. The molecule has 2 heterocycles. The normalized spacial score (nSPS) is 10.7. The van der Waals surface area contributed by atoms with E-state index in [0.29, 0.717) is 16.9 Å². The topological polar surface area (TPSA) is 52.2 Å². The summed E-state index contributed by atoms with van der Waals surface area (Å²) in [6, 6.07) is 7.48. The number of benzene rings is 1. The van der Waals surface area contributed by atoms with Gasteiger partial charge in [0.1, 0.15) is 0 Å². The van der Waals surface area contributed by atoms with Gasteiger partial charge in [-0.25, -0.2) is 0 Å². The van der Waals surface area contributed by atoms with Crippen LogP contribution in [0.4, 0.5) is 0 Å². The van der Waals surface area contributed by atoms with Crippen molar-refractivity contribution in [1.29, 1.82) is 0 Å². The van der Waals surface area contributed by atoms with Crippen LogP contribution in [0.3, 0.4) is 0 Å². The first-order chi connectivity index (χ1) is 9.74. The highest BCUT2D eigenvalue weighted by Gasteiger charge is 2.14. The van der Waals surface area contributed by atoms with Gasteiger partial charge < -0.3 is 0 Å². The van der Waals surface area contributed by atoms with Crippen LogP contribution in [0.25, 0.3) is 16.7 Å². The number of fused-ring (bicyclic) bond motifs is 3. The number of thioether (sulfide) groups is 1. The summed E-state index contributed by atoms with van der Waals surface area (Å²) in [6.45, 7) is 1.81. The molecule has 20 heavy (non-hydrogen) atoms. The fourth-order valence-electron chi connectivity index (χ4n) is 2.08. The van der Waals surface area contributed by atoms with Gasteiger partial charge in [0.15, 0.2) is 5.16 Å². The summed E-state index contributed by atoms with van der Waals surface area (Å²) in [5.74, 6) is 7.03. The molecule has 0 saturated heterocycles. The standard InChI is InChI=1S/C14H12N4OS/c1-3-4-9-20-14-16-15-13-17(2)12(19)10-7-5-6-8-11(10)18(13)14/h5-8H,9H2,1-2H3. The molecule has 2 aromatic heterocycles. The van der Waals surface area contributed by atoms with Crippen molar-refractivity contribution in [3.8, 4) is 11.8 Å². The van der Waals surface area contributed by atoms with Gasteiger partial charge in [-0.15, -0.1) is 16.1 Å². The Morgan fingerprint density at radius 3 is 2.90 bits per heavy atom. The summed E-state index contributed by atoms with van der Waals surface area (Å²) >= 11 is 1.51. The van der Waals surface area contributed by atoms with Crippen LogP contribution in [-0.4, -0.2) is 24.9 Å². The average Bonchev–Trinajstić information content (AvgIpc) is 2.89. The molecule has 100 valence electrons. The number of aromatic nitrogens is 4. The first-order valence-electron chi connectivity index (χ1n) is 6.09. The Kier molecular flexibility index (Phi) is 3.20. The third-order valence-corrected chi connectivity index (χ3v) is 3.86. The second-order valence-corrected chi connectivity index (χ2v) is 5.16. The van der Waals surface area contributed by atoms with Crippen molar-refractivity contribution in [1.82, 2.24) is 19.2 Å². The van der Waals surface area contributed by atoms with Gasteiger partial charge >= 0.3 is 0 Å². The zero-order chi connectivity index (χ0) is 14.1. The Morgan fingerprint density at radius 1 is 1.30 bits per heavy atom. The van der Waals surface area contributed by atoms with Gasteiger partial charge in [-0.05, 0) is 19.1 Å². The van der Waals surface area contributed by atoms with E-state index < -0.39 is 0 Å². The molecule has 3 aromatic rings. The van der Waals surface area contributed by atoms with Gasteiger partial charge in [-0.3, -0.25) is 13.8 Å². The number of nitrogens with zero attached hydrogens (tertiary/aromatic N) is 4. The minimum atomic E-state index is -0.0644. The largest absolute Gasteiger partial charge is 0.279 e. The molecule has 0 radical (unpaired) electrons. The third-order valence-electron chi connectivity index (χ3n) is 3.05. The molecule has 1 aromatic carbocycles. The van der Waals surface area contributed by atoms with Crippen LogP contribution >= 0.6 is 11.8 Å². The number of para-hydroxylation sites is 1. The molecule has 0 aliphatic rings. The van der Waals surface area contributed by atoms with Crippen molar-refractivity contribution >= 4 is 28.4 Å². The predicted molar refractivity (Wildman–Crippen MR) is 79.9 cm³/mol. The first-order valence-corrected chi connectivity index (χ1v) is 7.08. The lowest BCUT2D eigenvalue weighted by Gasteiger charge is -2.06. The molecule has 0 fully saturated rings. The van der Waals surface area contributed by atoms with Crippen molar-refractivity contribution in [3.63, 3.8) is 0 Å². The molecule has 0 bridgehead atoms. The van der Waals surface area contributed by atoms with Gasteiger partial charge in [0.25, 0.3) is 5.56 Å². The van der Waals surface area contributed by atoms with Gasteiger partial charge in [0.05, 0.1) is 16.7 Å². The molecule has 0 spiro atoms. The van der Waals surface area contributed by atoms with Crippen molar-refractivity contribution in [2.75, 3.05) is 5.75 Å². The van der Waals surface area contributed by atoms with Gasteiger partial charge in [-0.2, -0.15) is 0 Å². The SMILES string of the molecule is CC#CCSc1nnc2n(C)c(=O)c3ccccc3n12. The maximum absolute atomic E-state index is 12.3. The second-order valence-electron chi connectivity index (χ2n) is 4.21. The zero-order valence-electron chi connectivity index (χ0n) is 11.1. The predicted octanol–water partition coefficient (Wildman–Crippen LogP) is 1.70. The van der Waals surface area contributed by atoms with Crippen LogP contribution in [0.1, 0.15) is 6.92 Å². The van der Waals surface area contributed by atoms with E-state index in [1.54, 1.807) is 7.05 Å². The number of hydrogen-bond donors (Lipinski definition) is 0. The van der Waals surface area contributed by atoms with E-state index in [-0.39, 0.29) is 5.56 Å². The minimum absolute atomic E-state index is 0.0644. The highest BCUT2D eigenvalue weighted by atomic mass is 32.2. The number of rotatable bonds is 2. The molecule has 6 heteroatoms. The Hall–Kier alpha value is -2.26. The van der Waals surface area contributed by atoms with Crippen molar-refractivity contribution in [3.05, 3.63) is 34.6 Å². The van der Waals surface area contributed by atoms with Crippen LogP contribution in [-0.2, 0) is 7.05 Å². The van der Waals surface area contributed by atoms with Crippen molar-refractivity contribution in [2.45, 2.75) is 12.1 Å². The summed E-state index contributed by atoms with van der Waals surface area (Å²) in [6.07, 6.45) is 0. The summed E-state index contributed by atoms with van der Waals surface area (Å²) < 4.78 is 3.42. The van der Waals surface area contributed by atoms with Crippen LogP contribution < -0.4 is 5.56 Å². The molecular formula is C14H12N4OS. The maximum atomic E-state index is 12.3. The molecule has 0 aliphatic carbocycles. The fourth-order valence-corrected chi connectivity index (χ4v) is 2.83. The molecule has 0 unspecified atom stereocenters. The van der Waals surface area contributed by atoms with E-state index in [0.717, 1.165) is 10.7 Å². The summed E-state index contributed by atoms with van der Waals surface area (Å²) in [7, 11) is 1.71. The molecule has 0 N–H and O–H groups in total. The van der Waals surface area contributed by atoms with E-state index in [1.165, 1.54) is 16.3 Å². The summed E-state index contributed by atoms with van der Waals surface area (Å²) in [5, 5.41) is 9.69. The number of hydrogen-bond acceptors (Lipinski definition) is 4. The van der Waals surface area contributed by atoms with Gasteiger partial charge in [-0.1, -0.05) is 29.8 Å². The smallest absolute Gasteiger partial charge is 0.262 e. The van der Waals surface area contributed by atoms with E-state index >= 15 is 0 Å². The minimum Gasteiger partial charge on any atom is -0.279 e. The fraction of sp³-hybridized carbons (Fsp3) is 0.214. The summed E-state index contributed by atoms with van der Waals surface area (Å²) in [4.78, 5) is 12.3. The molecule has 3 rings (SSSR count). The molecule has 0 amide bonds.